The fourth-order valence-corrected chi connectivity index (χ4v) is 1.19. The summed E-state index contributed by atoms with van der Waals surface area (Å²) in [7, 11) is 0. The Morgan fingerprint density at radius 1 is 1.90 bits per heavy atom. The van der Waals surface area contributed by atoms with Gasteiger partial charge in [0.2, 0.25) is 3.90 Å². The second-order valence-corrected chi connectivity index (χ2v) is 2.96. The predicted octanol–water partition coefficient (Wildman–Crippen LogP) is 0.373. The molecular weight excluding hydrogens is 471 g/mol. The predicted molar refractivity (Wildman–Crippen MR) is 42.6 cm³/mol. The summed E-state index contributed by atoms with van der Waals surface area (Å²) in [6.07, 6.45) is 0. The van der Waals surface area contributed by atoms with Gasteiger partial charge in [0.1, 0.15) is 0 Å². The van der Waals surface area contributed by atoms with Crippen molar-refractivity contribution in [2.45, 2.75) is 5.54 Å². The second kappa shape index (κ2) is 4.29. The van der Waals surface area contributed by atoms with Crippen molar-refractivity contribution in [3.63, 3.8) is 0 Å². The van der Waals surface area contributed by atoms with Crippen molar-refractivity contribution in [1.82, 2.24) is 0 Å². The van der Waals surface area contributed by atoms with Gasteiger partial charge in [0.05, 0.1) is 6.61 Å². The quantitative estimate of drug-likeness (QED) is 0.438. The molecule has 1 atom stereocenters. The first-order chi connectivity index (χ1) is 4.16. The minimum Gasteiger partial charge on any atom is -0.474 e. The van der Waals surface area contributed by atoms with Crippen molar-refractivity contribution in [2.24, 2.45) is 4.99 Å². The SMILES string of the molecule is [CH2-]C1(CO)COC(I)=N1.[U]. The van der Waals surface area contributed by atoms with Crippen LogP contribution in [0.5, 0.6) is 0 Å². The normalized spacial score (nSPS) is 30.5. The van der Waals surface area contributed by atoms with E-state index in [9.17, 15) is 0 Å². The van der Waals surface area contributed by atoms with E-state index in [2.05, 4.69) is 11.9 Å². The fourth-order valence-electron chi connectivity index (χ4n) is 0.526. The van der Waals surface area contributed by atoms with Gasteiger partial charge < -0.3 is 16.8 Å². The summed E-state index contributed by atoms with van der Waals surface area (Å²) in [4.78, 5) is 3.96. The van der Waals surface area contributed by atoms with E-state index >= 15 is 0 Å². The van der Waals surface area contributed by atoms with Crippen LogP contribution in [0, 0.1) is 38.0 Å². The third-order valence-corrected chi connectivity index (χ3v) is 1.63. The Kier molecular flexibility index (Phi) is 4.81. The van der Waals surface area contributed by atoms with E-state index in [4.69, 9.17) is 9.84 Å². The molecule has 0 aliphatic carbocycles. The maximum Gasteiger partial charge on any atom is 0.245 e. The van der Waals surface area contributed by atoms with Crippen LogP contribution < -0.4 is 0 Å². The Balaban J connectivity index is 0.000000810. The van der Waals surface area contributed by atoms with Crippen molar-refractivity contribution in [3.8, 4) is 0 Å². The Hall–Kier alpha value is 1.21. The smallest absolute Gasteiger partial charge is 0.245 e. The van der Waals surface area contributed by atoms with E-state index < -0.39 is 5.54 Å². The maximum atomic E-state index is 8.69. The summed E-state index contributed by atoms with van der Waals surface area (Å²) in [5.74, 6) is 0. The molecule has 1 unspecified atom stereocenters. The summed E-state index contributed by atoms with van der Waals surface area (Å²) in [6, 6.07) is 0. The molecule has 1 aliphatic rings. The van der Waals surface area contributed by atoms with Crippen molar-refractivity contribution in [1.29, 1.82) is 0 Å². The molecule has 1 rings (SSSR count). The molecule has 0 spiro atoms. The largest absolute Gasteiger partial charge is 0.474 e. The third-order valence-electron chi connectivity index (χ3n) is 1.08. The minimum atomic E-state index is -0.628. The van der Waals surface area contributed by atoms with Crippen LogP contribution in [-0.4, -0.2) is 27.8 Å². The monoisotopic (exact) mass is 478 g/mol. The molecule has 56 valence electrons. The summed E-state index contributed by atoms with van der Waals surface area (Å²) in [5.41, 5.74) is -0.628. The minimum absolute atomic E-state index is 0. The van der Waals surface area contributed by atoms with Crippen molar-refractivity contribution in [3.05, 3.63) is 6.92 Å². The molecule has 1 aliphatic heterocycles. The van der Waals surface area contributed by atoms with Crippen molar-refractivity contribution >= 4 is 26.5 Å². The number of rotatable bonds is 1. The molecule has 0 aromatic carbocycles. The van der Waals surface area contributed by atoms with Gasteiger partial charge in [-0.3, -0.25) is 4.99 Å². The van der Waals surface area contributed by atoms with Gasteiger partial charge in [-0.2, -0.15) is 0 Å². The van der Waals surface area contributed by atoms with Gasteiger partial charge in [0.25, 0.3) is 0 Å². The molecule has 0 saturated heterocycles. The first kappa shape index (κ1) is 11.2. The van der Waals surface area contributed by atoms with Gasteiger partial charge in [-0.05, 0) is 5.54 Å². The number of aliphatic imine (C=N–C) groups is 1. The molecule has 0 aromatic heterocycles. The zero-order valence-corrected chi connectivity index (χ0v) is 11.6. The van der Waals surface area contributed by atoms with E-state index in [0.717, 1.165) is 0 Å². The van der Waals surface area contributed by atoms with E-state index in [1.165, 1.54) is 0 Å². The van der Waals surface area contributed by atoms with Crippen LogP contribution in [0.4, 0.5) is 0 Å². The van der Waals surface area contributed by atoms with E-state index in [1.807, 2.05) is 22.6 Å². The molecule has 0 saturated carbocycles. The number of nitrogens with zero attached hydrogens (tertiary/aromatic N) is 1. The molecule has 0 aromatic rings. The van der Waals surface area contributed by atoms with Crippen LogP contribution in [0.25, 0.3) is 0 Å². The molecule has 0 amide bonds. The van der Waals surface area contributed by atoms with E-state index in [-0.39, 0.29) is 37.7 Å². The molecule has 0 fully saturated rings. The second-order valence-electron chi connectivity index (χ2n) is 2.04. The van der Waals surface area contributed by atoms with Gasteiger partial charge in [-0.25, -0.2) is 0 Å². The van der Waals surface area contributed by atoms with Crippen LogP contribution in [0.1, 0.15) is 0 Å². The van der Waals surface area contributed by atoms with Gasteiger partial charge in [-0.1, -0.05) is 0 Å². The van der Waals surface area contributed by atoms with Gasteiger partial charge >= 0.3 is 0 Å². The first-order valence-electron chi connectivity index (χ1n) is 2.51. The summed E-state index contributed by atoms with van der Waals surface area (Å²) < 4.78 is 5.55. The topological polar surface area (TPSA) is 41.8 Å². The van der Waals surface area contributed by atoms with Crippen molar-refractivity contribution < 1.29 is 41.0 Å². The molecule has 10 heavy (non-hydrogen) atoms. The Bertz CT molecular complexity index is 153. The first-order valence-corrected chi connectivity index (χ1v) is 3.58. The van der Waals surface area contributed by atoms with Crippen LogP contribution in [0.15, 0.2) is 4.99 Å². The number of hydrogen-bond donors (Lipinski definition) is 1. The standard InChI is InChI=1S/C5H7INO2.U/c1-5(2-8)3-9-4(6)7-5;/h8H,1-3H2;/q-1;. The summed E-state index contributed by atoms with van der Waals surface area (Å²) >= 11 is 1.96. The molecule has 5 heteroatoms. The van der Waals surface area contributed by atoms with Crippen molar-refractivity contribution in [2.75, 3.05) is 13.2 Å². The molecule has 0 bridgehead atoms. The van der Waals surface area contributed by atoms with E-state index in [0.29, 0.717) is 10.5 Å². The number of halogens is 1. The van der Waals surface area contributed by atoms with Crippen LogP contribution in [0.3, 0.4) is 0 Å². The van der Waals surface area contributed by atoms with Gasteiger partial charge in [0, 0.05) is 60.3 Å². The number of ether oxygens (including phenoxy) is 1. The molecular formula is C5H7INO2U-. The number of hydrogen-bond acceptors (Lipinski definition) is 3. The zero-order valence-electron chi connectivity index (χ0n) is 5.30. The Labute approximate surface area is 97.1 Å². The Morgan fingerprint density at radius 3 is 2.70 bits per heavy atom. The molecule has 1 N–H and O–H groups in total. The van der Waals surface area contributed by atoms with E-state index in [1.54, 1.807) is 0 Å². The molecule has 0 radical (unpaired) electrons. The third kappa shape index (κ3) is 2.68. The van der Waals surface area contributed by atoms with Crippen LogP contribution in [-0.2, 0) is 4.74 Å². The summed E-state index contributed by atoms with van der Waals surface area (Å²) in [6.45, 7) is 4.01. The van der Waals surface area contributed by atoms with Gasteiger partial charge in [0.15, 0.2) is 0 Å². The maximum absolute atomic E-state index is 8.69. The zero-order chi connectivity index (χ0) is 6.91. The average Bonchev–Trinajstić information content (AvgIpc) is 2.13. The molecule has 1 heterocycles. The summed E-state index contributed by atoms with van der Waals surface area (Å²) in [5, 5.41) is 8.69. The van der Waals surface area contributed by atoms with Gasteiger partial charge in [-0.15, -0.1) is 0 Å². The number of aliphatic hydroxyl groups is 1. The average molecular weight is 478 g/mol. The Morgan fingerprint density at radius 2 is 2.50 bits per heavy atom. The van der Waals surface area contributed by atoms with Crippen LogP contribution >= 0.6 is 22.6 Å². The fraction of sp³-hybridized carbons (Fsp3) is 0.600. The van der Waals surface area contributed by atoms with Crippen LogP contribution in [0.2, 0.25) is 0 Å². The molecule has 3 nitrogen and oxygen atoms in total. The number of aliphatic hydroxyl groups excluding tert-OH is 1.